The molecule has 2 fully saturated rings. The first-order valence-electron chi connectivity index (χ1n) is 5.95. The van der Waals surface area contributed by atoms with E-state index in [-0.39, 0.29) is 24.4 Å². The first-order valence-corrected chi connectivity index (χ1v) is 5.95. The van der Waals surface area contributed by atoms with Gasteiger partial charge in [0.1, 0.15) is 0 Å². The standard InChI is InChI=1S/C11H20N2O2.ClH/c14-11(10-3-1-2-5-12-10)13-7-9-4-6-15-8-9;/h9-10,12H,1-8H2,(H,13,14);1H/t9?,10-;/m1./s1. The highest BCUT2D eigenvalue weighted by Crippen LogP contribution is 2.11. The van der Waals surface area contributed by atoms with Crippen LogP contribution in [0.2, 0.25) is 0 Å². The third-order valence-electron chi connectivity index (χ3n) is 3.22. The summed E-state index contributed by atoms with van der Waals surface area (Å²) in [6.07, 6.45) is 4.42. The van der Waals surface area contributed by atoms with E-state index in [9.17, 15) is 4.79 Å². The average Bonchev–Trinajstić information content (AvgIpc) is 2.80. The van der Waals surface area contributed by atoms with E-state index in [2.05, 4.69) is 10.6 Å². The molecule has 5 heteroatoms. The number of piperidine rings is 1. The topological polar surface area (TPSA) is 50.4 Å². The van der Waals surface area contributed by atoms with Crippen molar-refractivity contribution in [2.24, 2.45) is 5.92 Å². The number of amides is 1. The molecular formula is C11H21ClN2O2. The lowest BCUT2D eigenvalue weighted by Crippen LogP contribution is -2.47. The lowest BCUT2D eigenvalue weighted by molar-refractivity contribution is -0.123. The molecule has 4 nitrogen and oxygen atoms in total. The molecule has 0 aromatic carbocycles. The molecule has 0 spiro atoms. The molecule has 2 saturated heterocycles. The van der Waals surface area contributed by atoms with Gasteiger partial charge in [-0.25, -0.2) is 0 Å². The second kappa shape index (κ2) is 7.09. The third kappa shape index (κ3) is 3.92. The van der Waals surface area contributed by atoms with Crippen LogP contribution >= 0.6 is 12.4 Å². The zero-order chi connectivity index (χ0) is 10.5. The molecule has 2 aliphatic rings. The smallest absolute Gasteiger partial charge is 0.237 e. The van der Waals surface area contributed by atoms with Crippen molar-refractivity contribution in [1.82, 2.24) is 10.6 Å². The van der Waals surface area contributed by atoms with Crippen LogP contribution in [0.25, 0.3) is 0 Å². The fourth-order valence-corrected chi connectivity index (χ4v) is 2.19. The summed E-state index contributed by atoms with van der Waals surface area (Å²) in [7, 11) is 0. The largest absolute Gasteiger partial charge is 0.381 e. The fraction of sp³-hybridized carbons (Fsp3) is 0.909. The monoisotopic (exact) mass is 248 g/mol. The second-order valence-corrected chi connectivity index (χ2v) is 4.48. The van der Waals surface area contributed by atoms with Gasteiger partial charge in [0.2, 0.25) is 5.91 Å². The molecule has 0 bridgehead atoms. The van der Waals surface area contributed by atoms with Crippen LogP contribution in [-0.2, 0) is 9.53 Å². The van der Waals surface area contributed by atoms with Gasteiger partial charge in [0.15, 0.2) is 0 Å². The van der Waals surface area contributed by atoms with Gasteiger partial charge in [0.05, 0.1) is 12.6 Å². The summed E-state index contributed by atoms with van der Waals surface area (Å²) >= 11 is 0. The number of hydrogen-bond acceptors (Lipinski definition) is 3. The van der Waals surface area contributed by atoms with Crippen molar-refractivity contribution in [2.45, 2.75) is 31.7 Å². The molecule has 16 heavy (non-hydrogen) atoms. The predicted octanol–water partition coefficient (Wildman–Crippen LogP) is 0.703. The average molecular weight is 249 g/mol. The molecule has 0 aromatic rings. The molecule has 1 unspecified atom stereocenters. The Kier molecular flexibility index (Phi) is 6.09. The van der Waals surface area contributed by atoms with E-state index in [0.29, 0.717) is 5.92 Å². The van der Waals surface area contributed by atoms with E-state index in [1.807, 2.05) is 0 Å². The lowest BCUT2D eigenvalue weighted by atomic mass is 10.0. The summed E-state index contributed by atoms with van der Waals surface area (Å²) < 4.78 is 5.27. The minimum absolute atomic E-state index is 0. The lowest BCUT2D eigenvalue weighted by Gasteiger charge is -2.23. The van der Waals surface area contributed by atoms with Crippen molar-refractivity contribution < 1.29 is 9.53 Å². The quantitative estimate of drug-likeness (QED) is 0.773. The van der Waals surface area contributed by atoms with E-state index < -0.39 is 0 Å². The van der Waals surface area contributed by atoms with Crippen molar-refractivity contribution in [3.8, 4) is 0 Å². The molecule has 1 amide bonds. The number of rotatable bonds is 3. The van der Waals surface area contributed by atoms with Gasteiger partial charge >= 0.3 is 0 Å². The van der Waals surface area contributed by atoms with Crippen molar-refractivity contribution >= 4 is 18.3 Å². The van der Waals surface area contributed by atoms with E-state index in [4.69, 9.17) is 4.74 Å². The molecule has 2 N–H and O–H groups in total. The summed E-state index contributed by atoms with van der Waals surface area (Å²) in [5, 5.41) is 6.26. The molecular weight excluding hydrogens is 228 g/mol. The van der Waals surface area contributed by atoms with E-state index in [0.717, 1.165) is 45.6 Å². The zero-order valence-corrected chi connectivity index (χ0v) is 10.4. The first kappa shape index (κ1) is 13.7. The highest BCUT2D eigenvalue weighted by atomic mass is 35.5. The Hall–Kier alpha value is -0.320. The van der Waals surface area contributed by atoms with Crippen LogP contribution < -0.4 is 10.6 Å². The van der Waals surface area contributed by atoms with Crippen molar-refractivity contribution in [3.63, 3.8) is 0 Å². The summed E-state index contributed by atoms with van der Waals surface area (Å²) in [5.74, 6) is 0.694. The fourth-order valence-electron chi connectivity index (χ4n) is 2.19. The van der Waals surface area contributed by atoms with Gasteiger partial charge in [-0.15, -0.1) is 12.4 Å². The molecule has 0 saturated carbocycles. The van der Waals surface area contributed by atoms with Gasteiger partial charge in [-0.3, -0.25) is 4.79 Å². The highest BCUT2D eigenvalue weighted by Gasteiger charge is 2.22. The summed E-state index contributed by atoms with van der Waals surface area (Å²) in [4.78, 5) is 11.7. The van der Waals surface area contributed by atoms with Crippen LogP contribution in [-0.4, -0.2) is 38.3 Å². The Bertz CT molecular complexity index is 214. The van der Waals surface area contributed by atoms with Crippen molar-refractivity contribution in [3.05, 3.63) is 0 Å². The number of halogens is 1. The van der Waals surface area contributed by atoms with Crippen LogP contribution in [0, 0.1) is 5.92 Å². The minimum Gasteiger partial charge on any atom is -0.381 e. The molecule has 2 aliphatic heterocycles. The van der Waals surface area contributed by atoms with E-state index in [1.165, 1.54) is 6.42 Å². The van der Waals surface area contributed by atoms with Gasteiger partial charge in [0.25, 0.3) is 0 Å². The van der Waals surface area contributed by atoms with Crippen LogP contribution in [0.15, 0.2) is 0 Å². The maximum atomic E-state index is 11.7. The normalized spacial score (nSPS) is 29.5. The van der Waals surface area contributed by atoms with E-state index >= 15 is 0 Å². The first-order chi connectivity index (χ1) is 7.36. The molecule has 94 valence electrons. The molecule has 0 aromatic heterocycles. The Morgan fingerprint density at radius 2 is 2.25 bits per heavy atom. The number of nitrogens with one attached hydrogen (secondary N) is 2. The van der Waals surface area contributed by atoms with Crippen LogP contribution in [0.1, 0.15) is 25.7 Å². The molecule has 2 atom stereocenters. The van der Waals surface area contributed by atoms with Gasteiger partial charge in [-0.05, 0) is 25.8 Å². The molecule has 0 radical (unpaired) electrons. The van der Waals surface area contributed by atoms with Crippen LogP contribution in [0.4, 0.5) is 0 Å². The van der Waals surface area contributed by atoms with Gasteiger partial charge < -0.3 is 15.4 Å². The maximum absolute atomic E-state index is 11.7. The number of hydrogen-bond donors (Lipinski definition) is 2. The van der Waals surface area contributed by atoms with Gasteiger partial charge in [0, 0.05) is 19.1 Å². The van der Waals surface area contributed by atoms with Crippen molar-refractivity contribution in [2.75, 3.05) is 26.3 Å². The van der Waals surface area contributed by atoms with Gasteiger partial charge in [-0.1, -0.05) is 6.42 Å². The molecule has 2 rings (SSSR count). The Morgan fingerprint density at radius 3 is 2.88 bits per heavy atom. The van der Waals surface area contributed by atoms with Gasteiger partial charge in [-0.2, -0.15) is 0 Å². The Labute approximate surface area is 103 Å². The van der Waals surface area contributed by atoms with Crippen molar-refractivity contribution in [1.29, 1.82) is 0 Å². The maximum Gasteiger partial charge on any atom is 0.237 e. The summed E-state index contributed by atoms with van der Waals surface area (Å²) in [5.41, 5.74) is 0. The Morgan fingerprint density at radius 1 is 1.38 bits per heavy atom. The summed E-state index contributed by atoms with van der Waals surface area (Å²) in [6, 6.07) is 0.0427. The predicted molar refractivity (Wildman–Crippen MR) is 64.8 cm³/mol. The Balaban J connectivity index is 0.00000128. The SMILES string of the molecule is Cl.O=C(NCC1CCOC1)[C@H]1CCCCN1. The third-order valence-corrected chi connectivity index (χ3v) is 3.22. The van der Waals surface area contributed by atoms with Crippen LogP contribution in [0.3, 0.4) is 0 Å². The zero-order valence-electron chi connectivity index (χ0n) is 9.54. The number of carbonyl (C=O) groups is 1. The summed E-state index contributed by atoms with van der Waals surface area (Å²) in [6.45, 7) is 3.40. The van der Waals surface area contributed by atoms with Crippen LogP contribution in [0.5, 0.6) is 0 Å². The highest BCUT2D eigenvalue weighted by molar-refractivity contribution is 5.85. The molecule has 0 aliphatic carbocycles. The number of carbonyl (C=O) groups excluding carboxylic acids is 1. The number of ether oxygens (including phenoxy) is 1. The van der Waals surface area contributed by atoms with E-state index in [1.54, 1.807) is 0 Å². The second-order valence-electron chi connectivity index (χ2n) is 4.48. The minimum atomic E-state index is 0. The molecule has 2 heterocycles.